The molecule has 3 aromatic rings. The van der Waals surface area contributed by atoms with E-state index in [-0.39, 0.29) is 11.3 Å². The minimum Gasteiger partial charge on any atom is -0.274 e. The Morgan fingerprint density at radius 1 is 0.967 bits per heavy atom. The van der Waals surface area contributed by atoms with E-state index in [1.165, 1.54) is 6.07 Å². The molecule has 9 heteroatoms. The van der Waals surface area contributed by atoms with Gasteiger partial charge in [-0.1, -0.05) is 6.07 Å². The van der Waals surface area contributed by atoms with Crippen LogP contribution in [0.15, 0.2) is 29.2 Å². The Hall–Kier alpha value is -3.07. The van der Waals surface area contributed by atoms with Crippen molar-refractivity contribution in [2.75, 3.05) is 0 Å². The Labute approximate surface area is 176 Å². The number of amides is 1. The first kappa shape index (κ1) is 21.6. The van der Waals surface area contributed by atoms with Crippen LogP contribution in [0, 0.1) is 41.5 Å². The molecule has 0 fully saturated rings. The monoisotopic (exact) mass is 427 g/mol. The molecule has 30 heavy (non-hydrogen) atoms. The summed E-state index contributed by atoms with van der Waals surface area (Å²) in [6, 6.07) is 6.62. The number of aromatic nitrogens is 4. The van der Waals surface area contributed by atoms with Gasteiger partial charge in [0.15, 0.2) is 0 Å². The largest absolute Gasteiger partial charge is 0.274 e. The summed E-state index contributed by atoms with van der Waals surface area (Å²) in [6.45, 7) is 11.0. The number of hydrogen-bond acceptors (Lipinski definition) is 6. The topological polar surface area (TPSA) is 107 Å². The van der Waals surface area contributed by atoms with Crippen molar-refractivity contribution in [2.24, 2.45) is 0 Å². The first-order valence-electron chi connectivity index (χ1n) is 9.48. The maximum absolute atomic E-state index is 12.6. The molecule has 1 aromatic carbocycles. The third-order valence-corrected chi connectivity index (χ3v) is 6.35. The number of nitrogens with one attached hydrogen (secondary N) is 1. The van der Waals surface area contributed by atoms with Gasteiger partial charge in [-0.3, -0.25) is 4.79 Å². The van der Waals surface area contributed by atoms with Gasteiger partial charge in [0.2, 0.25) is 5.91 Å². The smallest absolute Gasteiger partial charge is 0.264 e. The fourth-order valence-electron chi connectivity index (χ4n) is 3.21. The fourth-order valence-corrected chi connectivity index (χ4v) is 4.28. The van der Waals surface area contributed by atoms with Crippen LogP contribution >= 0.6 is 0 Å². The lowest BCUT2D eigenvalue weighted by molar-refractivity contribution is -0.118. The van der Waals surface area contributed by atoms with Gasteiger partial charge in [-0.25, -0.2) is 27.8 Å². The van der Waals surface area contributed by atoms with Crippen molar-refractivity contribution in [3.8, 4) is 5.95 Å². The summed E-state index contributed by atoms with van der Waals surface area (Å²) in [5.41, 5.74) is 5.39. The van der Waals surface area contributed by atoms with Crippen molar-refractivity contribution >= 4 is 15.9 Å². The number of sulfonamides is 1. The highest BCUT2D eigenvalue weighted by molar-refractivity contribution is 7.90. The molecule has 2 aromatic heterocycles. The van der Waals surface area contributed by atoms with Gasteiger partial charge in [-0.05, 0) is 70.9 Å². The van der Waals surface area contributed by atoms with Gasteiger partial charge in [0.1, 0.15) is 0 Å². The van der Waals surface area contributed by atoms with Crippen LogP contribution in [0.5, 0.6) is 0 Å². The normalized spacial score (nSPS) is 11.5. The zero-order valence-electron chi connectivity index (χ0n) is 17.9. The number of carbonyl (C=O) groups is 1. The second kappa shape index (κ2) is 7.98. The molecule has 0 atom stereocenters. The number of aryl methyl sites for hydroxylation is 5. The van der Waals surface area contributed by atoms with E-state index in [0.29, 0.717) is 22.9 Å². The SMILES string of the molecule is Cc1cc(C)nc(-n2nc(C)c(CC(=O)NS(=O)(=O)c3ccc(C)c(C)c3)c2C)n1. The van der Waals surface area contributed by atoms with Crippen molar-refractivity contribution in [3.05, 3.63) is 63.7 Å². The van der Waals surface area contributed by atoms with Crippen molar-refractivity contribution < 1.29 is 13.2 Å². The second-order valence-electron chi connectivity index (χ2n) is 7.46. The molecule has 0 unspecified atom stereocenters. The van der Waals surface area contributed by atoms with Crippen molar-refractivity contribution in [1.82, 2.24) is 24.5 Å². The van der Waals surface area contributed by atoms with E-state index >= 15 is 0 Å². The Balaban J connectivity index is 1.85. The van der Waals surface area contributed by atoms with Crippen LogP contribution < -0.4 is 4.72 Å². The number of rotatable bonds is 5. The summed E-state index contributed by atoms with van der Waals surface area (Å²) in [5, 5.41) is 4.45. The predicted molar refractivity (Wildman–Crippen MR) is 113 cm³/mol. The van der Waals surface area contributed by atoms with Gasteiger partial charge in [-0.15, -0.1) is 0 Å². The minimum atomic E-state index is -3.95. The maximum Gasteiger partial charge on any atom is 0.264 e. The minimum absolute atomic E-state index is 0.0618. The predicted octanol–water partition coefficient (Wildman–Crippen LogP) is 2.56. The molecular formula is C21H25N5O3S. The lowest BCUT2D eigenvalue weighted by Crippen LogP contribution is -2.32. The fraction of sp³-hybridized carbons (Fsp3) is 0.333. The molecule has 1 amide bonds. The summed E-state index contributed by atoms with van der Waals surface area (Å²) in [5.74, 6) is -0.206. The molecular weight excluding hydrogens is 402 g/mol. The van der Waals surface area contributed by atoms with Crippen LogP contribution in [-0.4, -0.2) is 34.1 Å². The molecule has 3 rings (SSSR count). The summed E-state index contributed by atoms with van der Waals surface area (Å²) in [7, 11) is -3.95. The van der Waals surface area contributed by atoms with E-state index in [1.54, 1.807) is 23.7 Å². The highest BCUT2D eigenvalue weighted by Crippen LogP contribution is 2.18. The second-order valence-corrected chi connectivity index (χ2v) is 9.15. The van der Waals surface area contributed by atoms with Gasteiger partial charge in [-0.2, -0.15) is 5.10 Å². The third kappa shape index (κ3) is 4.40. The van der Waals surface area contributed by atoms with E-state index in [9.17, 15) is 13.2 Å². The van der Waals surface area contributed by atoms with Crippen molar-refractivity contribution in [1.29, 1.82) is 0 Å². The zero-order chi connectivity index (χ0) is 22.2. The number of carbonyl (C=O) groups excluding carboxylic acids is 1. The van der Waals surface area contributed by atoms with Gasteiger partial charge in [0, 0.05) is 22.6 Å². The highest BCUT2D eigenvalue weighted by Gasteiger charge is 2.22. The molecule has 0 saturated heterocycles. The van der Waals surface area contributed by atoms with Gasteiger partial charge < -0.3 is 0 Å². The Kier molecular flexibility index (Phi) is 5.76. The highest BCUT2D eigenvalue weighted by atomic mass is 32.2. The number of benzene rings is 1. The molecule has 1 N–H and O–H groups in total. The average molecular weight is 428 g/mol. The Morgan fingerprint density at radius 3 is 2.20 bits per heavy atom. The lowest BCUT2D eigenvalue weighted by Gasteiger charge is -2.09. The standard InChI is InChI=1S/C21H25N5O3S/c1-12-7-8-18(9-13(12)2)30(28,29)25-20(27)11-19-16(5)24-26(17(19)6)21-22-14(3)10-15(4)23-21/h7-10H,11H2,1-6H3,(H,25,27). The van der Waals surface area contributed by atoms with E-state index in [1.807, 2.05) is 40.7 Å². The van der Waals surface area contributed by atoms with E-state index < -0.39 is 15.9 Å². The lowest BCUT2D eigenvalue weighted by atomic mass is 10.1. The van der Waals surface area contributed by atoms with Crippen LogP contribution in [0.3, 0.4) is 0 Å². The van der Waals surface area contributed by atoms with Crippen molar-refractivity contribution in [3.63, 3.8) is 0 Å². The Morgan fingerprint density at radius 2 is 1.60 bits per heavy atom. The molecule has 8 nitrogen and oxygen atoms in total. The first-order chi connectivity index (χ1) is 14.0. The van der Waals surface area contributed by atoms with Crippen LogP contribution in [0.25, 0.3) is 5.95 Å². The average Bonchev–Trinajstić information content (AvgIpc) is 2.91. The van der Waals surface area contributed by atoms with E-state index in [2.05, 4.69) is 19.8 Å². The molecule has 2 heterocycles. The van der Waals surface area contributed by atoms with Crippen LogP contribution in [0.4, 0.5) is 0 Å². The van der Waals surface area contributed by atoms with E-state index in [4.69, 9.17) is 0 Å². The molecule has 158 valence electrons. The zero-order valence-corrected chi connectivity index (χ0v) is 18.8. The number of nitrogens with zero attached hydrogens (tertiary/aromatic N) is 4. The molecule has 0 aliphatic rings. The molecule has 0 radical (unpaired) electrons. The first-order valence-corrected chi connectivity index (χ1v) is 11.0. The molecule has 0 aliphatic heterocycles. The third-order valence-electron chi connectivity index (χ3n) is 4.98. The Bertz CT molecular complexity index is 1230. The summed E-state index contributed by atoms with van der Waals surface area (Å²) >= 11 is 0. The molecule has 0 spiro atoms. The summed E-state index contributed by atoms with van der Waals surface area (Å²) in [4.78, 5) is 21.4. The van der Waals surface area contributed by atoms with Crippen LogP contribution in [-0.2, 0) is 21.2 Å². The number of hydrogen-bond donors (Lipinski definition) is 1. The van der Waals surface area contributed by atoms with Gasteiger partial charge in [0.05, 0.1) is 17.0 Å². The maximum atomic E-state index is 12.6. The van der Waals surface area contributed by atoms with E-state index in [0.717, 1.165) is 22.5 Å². The summed E-state index contributed by atoms with van der Waals surface area (Å²) in [6.07, 6.45) is -0.119. The van der Waals surface area contributed by atoms with Crippen molar-refractivity contribution in [2.45, 2.75) is 52.9 Å². The van der Waals surface area contributed by atoms with Crippen LogP contribution in [0.1, 0.15) is 39.5 Å². The van der Waals surface area contributed by atoms with Crippen LogP contribution in [0.2, 0.25) is 0 Å². The van der Waals surface area contributed by atoms with Gasteiger partial charge >= 0.3 is 0 Å². The van der Waals surface area contributed by atoms with Gasteiger partial charge in [0.25, 0.3) is 16.0 Å². The molecule has 0 saturated carbocycles. The summed E-state index contributed by atoms with van der Waals surface area (Å²) < 4.78 is 28.9. The molecule has 0 aliphatic carbocycles. The molecule has 0 bridgehead atoms. The quantitative estimate of drug-likeness (QED) is 0.671.